The molecule has 0 spiro atoms. The molecule has 5 atom stereocenters. The molecule has 22 heavy (non-hydrogen) atoms. The second kappa shape index (κ2) is 9.78. The average molecular weight is 309 g/mol. The van der Waals surface area contributed by atoms with Gasteiger partial charge in [-0.2, -0.15) is 0 Å². The van der Waals surface area contributed by atoms with Crippen LogP contribution in [0.25, 0.3) is 0 Å². The van der Waals surface area contributed by atoms with Crippen molar-refractivity contribution in [3.8, 4) is 0 Å². The molecule has 0 amide bonds. The summed E-state index contributed by atoms with van der Waals surface area (Å²) in [5, 5.41) is 0. The van der Waals surface area contributed by atoms with Gasteiger partial charge in [-0.15, -0.1) is 0 Å². The van der Waals surface area contributed by atoms with E-state index in [1.54, 1.807) is 0 Å². The molecule has 0 aromatic heterocycles. The maximum absolute atomic E-state index is 2.66. The van der Waals surface area contributed by atoms with Crippen molar-refractivity contribution in [2.45, 2.75) is 101 Å². The smallest absolute Gasteiger partial charge is 0.00828 e. The van der Waals surface area contributed by atoms with Gasteiger partial charge in [-0.25, -0.2) is 0 Å². The van der Waals surface area contributed by atoms with Crippen molar-refractivity contribution in [2.75, 3.05) is 0 Å². The Balaban J connectivity index is 0.000000819. The summed E-state index contributed by atoms with van der Waals surface area (Å²) >= 11 is 0. The highest BCUT2D eigenvalue weighted by atomic mass is 14.5. The summed E-state index contributed by atoms with van der Waals surface area (Å²) in [5.74, 6) is 3.84. The van der Waals surface area contributed by atoms with Crippen LogP contribution in [-0.2, 0) is 0 Å². The molecule has 3 aliphatic carbocycles. The first-order valence-corrected chi connectivity index (χ1v) is 9.82. The second-order valence-electron chi connectivity index (χ2n) is 7.40. The monoisotopic (exact) mass is 308 g/mol. The van der Waals surface area contributed by atoms with Crippen LogP contribution in [0, 0.1) is 29.1 Å². The lowest BCUT2D eigenvalue weighted by atomic mass is 9.51. The van der Waals surface area contributed by atoms with E-state index in [0.29, 0.717) is 5.41 Å². The molecule has 0 aliphatic heterocycles. The van der Waals surface area contributed by atoms with Crippen molar-refractivity contribution in [1.82, 2.24) is 0 Å². The third-order valence-electron chi connectivity index (χ3n) is 6.21. The Bertz CT molecular complexity index is 327. The van der Waals surface area contributed by atoms with E-state index < -0.39 is 0 Å². The van der Waals surface area contributed by atoms with Gasteiger partial charge < -0.3 is 0 Å². The Hall–Kier alpha value is -0.260. The lowest BCUT2D eigenvalue weighted by Gasteiger charge is -2.54. The SMILES string of the molecule is C.CC.CC.CC1CC=C2C(CCC3[C@H](C)CCC[C@@]23C)C1. The zero-order valence-corrected chi connectivity index (χ0v) is 15.8. The number of fused-ring (bicyclic) bond motifs is 3. The van der Waals surface area contributed by atoms with Crippen molar-refractivity contribution in [2.24, 2.45) is 29.1 Å². The molecule has 0 radical (unpaired) electrons. The molecule has 0 bridgehead atoms. The molecule has 2 saturated carbocycles. The van der Waals surface area contributed by atoms with Gasteiger partial charge in [0, 0.05) is 0 Å². The zero-order valence-electron chi connectivity index (χ0n) is 15.8. The predicted molar refractivity (Wildman–Crippen MR) is 103 cm³/mol. The van der Waals surface area contributed by atoms with Gasteiger partial charge in [-0.3, -0.25) is 0 Å². The summed E-state index contributed by atoms with van der Waals surface area (Å²) in [6.07, 6.45) is 12.9. The molecule has 2 fully saturated rings. The van der Waals surface area contributed by atoms with Crippen LogP contribution in [0.5, 0.6) is 0 Å². The van der Waals surface area contributed by atoms with Gasteiger partial charge in [0.2, 0.25) is 0 Å². The van der Waals surface area contributed by atoms with E-state index in [1.165, 1.54) is 44.9 Å². The predicted octanol–water partition coefficient (Wildman–Crippen LogP) is 7.88. The van der Waals surface area contributed by atoms with E-state index in [4.69, 9.17) is 0 Å². The Kier molecular flexibility index (Phi) is 9.67. The first-order valence-electron chi connectivity index (χ1n) is 9.82. The van der Waals surface area contributed by atoms with Crippen LogP contribution in [0.4, 0.5) is 0 Å². The zero-order chi connectivity index (χ0) is 16.0. The molecule has 0 nitrogen and oxygen atoms in total. The molecule has 3 rings (SSSR count). The van der Waals surface area contributed by atoms with Gasteiger partial charge in [0.15, 0.2) is 0 Å². The first-order chi connectivity index (χ1) is 10.1. The van der Waals surface area contributed by atoms with Gasteiger partial charge in [-0.1, -0.05) is 80.4 Å². The number of allylic oxidation sites excluding steroid dienone is 2. The number of hydrogen-bond donors (Lipinski definition) is 0. The van der Waals surface area contributed by atoms with Crippen molar-refractivity contribution in [3.63, 3.8) is 0 Å². The Labute approximate surface area is 142 Å². The molecular formula is C22H44. The van der Waals surface area contributed by atoms with E-state index in [2.05, 4.69) is 26.8 Å². The summed E-state index contributed by atoms with van der Waals surface area (Å²) in [6.45, 7) is 15.5. The maximum Gasteiger partial charge on any atom is -0.00828 e. The molecule has 0 N–H and O–H groups in total. The molecular weight excluding hydrogens is 264 g/mol. The fourth-order valence-electron chi connectivity index (χ4n) is 5.32. The Morgan fingerprint density at radius 1 is 1.00 bits per heavy atom. The summed E-state index contributed by atoms with van der Waals surface area (Å²) in [6, 6.07) is 0. The van der Waals surface area contributed by atoms with Crippen LogP contribution in [0.2, 0.25) is 0 Å². The van der Waals surface area contributed by atoms with Gasteiger partial charge in [0.25, 0.3) is 0 Å². The highest BCUT2D eigenvalue weighted by molar-refractivity contribution is 5.24. The van der Waals surface area contributed by atoms with Crippen molar-refractivity contribution in [3.05, 3.63) is 11.6 Å². The first kappa shape index (κ1) is 21.7. The van der Waals surface area contributed by atoms with Gasteiger partial charge in [0.05, 0.1) is 0 Å². The molecule has 0 aromatic rings. The topological polar surface area (TPSA) is 0 Å². The van der Waals surface area contributed by atoms with Crippen LogP contribution in [-0.4, -0.2) is 0 Å². The molecule has 0 heteroatoms. The van der Waals surface area contributed by atoms with Crippen LogP contribution in [0.3, 0.4) is 0 Å². The van der Waals surface area contributed by atoms with E-state index in [1.807, 2.05) is 33.3 Å². The normalized spacial score (nSPS) is 39.3. The van der Waals surface area contributed by atoms with Gasteiger partial charge in [-0.05, 0) is 61.2 Å². The minimum atomic E-state index is 0. The van der Waals surface area contributed by atoms with Crippen LogP contribution < -0.4 is 0 Å². The lowest BCUT2D eigenvalue weighted by Crippen LogP contribution is -2.44. The molecule has 3 aliphatic rings. The molecule has 0 saturated heterocycles. The largest absolute Gasteiger partial charge is 0.0842 e. The van der Waals surface area contributed by atoms with E-state index in [0.717, 1.165) is 23.7 Å². The molecule has 0 aromatic carbocycles. The van der Waals surface area contributed by atoms with Crippen molar-refractivity contribution in [1.29, 1.82) is 0 Å². The fraction of sp³-hybridized carbons (Fsp3) is 0.909. The lowest BCUT2D eigenvalue weighted by molar-refractivity contribution is 0.0442. The minimum absolute atomic E-state index is 0. The number of rotatable bonds is 0. The molecule has 3 unspecified atom stereocenters. The summed E-state index contributed by atoms with van der Waals surface area (Å²) < 4.78 is 0. The van der Waals surface area contributed by atoms with Gasteiger partial charge in [0.1, 0.15) is 0 Å². The number of hydrogen-bond acceptors (Lipinski definition) is 0. The highest BCUT2D eigenvalue weighted by Crippen LogP contribution is 2.58. The summed E-state index contributed by atoms with van der Waals surface area (Å²) in [5.41, 5.74) is 2.47. The summed E-state index contributed by atoms with van der Waals surface area (Å²) in [4.78, 5) is 0. The van der Waals surface area contributed by atoms with E-state index >= 15 is 0 Å². The maximum atomic E-state index is 2.66. The average Bonchev–Trinajstić information content (AvgIpc) is 2.51. The molecule has 132 valence electrons. The second-order valence-corrected chi connectivity index (χ2v) is 7.40. The van der Waals surface area contributed by atoms with E-state index in [-0.39, 0.29) is 7.43 Å². The quantitative estimate of drug-likeness (QED) is 0.399. The summed E-state index contributed by atoms with van der Waals surface area (Å²) in [7, 11) is 0. The highest BCUT2D eigenvalue weighted by Gasteiger charge is 2.48. The Morgan fingerprint density at radius 3 is 2.27 bits per heavy atom. The van der Waals surface area contributed by atoms with Crippen LogP contribution >= 0.6 is 0 Å². The van der Waals surface area contributed by atoms with Gasteiger partial charge >= 0.3 is 0 Å². The standard InChI is InChI=1S/C17H28.2C2H6.CH4/c1-12-6-8-16-14(11-12)7-9-15-13(2)5-4-10-17(15,16)3;2*1-2;/h8,12-15H,4-7,9-11H2,1-3H3;2*1-2H3;1H4/t12?,13-,14?,15?,17-;;;/m1.../s1. The third-order valence-corrected chi connectivity index (χ3v) is 6.21. The Morgan fingerprint density at radius 2 is 1.64 bits per heavy atom. The fourth-order valence-corrected chi connectivity index (χ4v) is 5.32. The minimum Gasteiger partial charge on any atom is -0.0842 e. The molecule has 0 heterocycles. The van der Waals surface area contributed by atoms with Crippen molar-refractivity contribution >= 4 is 0 Å². The third kappa shape index (κ3) is 4.18. The van der Waals surface area contributed by atoms with Crippen molar-refractivity contribution < 1.29 is 0 Å². The van der Waals surface area contributed by atoms with Crippen LogP contribution in [0.15, 0.2) is 11.6 Å². The van der Waals surface area contributed by atoms with E-state index in [9.17, 15) is 0 Å². The van der Waals surface area contributed by atoms with Crippen LogP contribution in [0.1, 0.15) is 101 Å².